The fraction of sp³-hybridized carbons (Fsp3) is 0.778. The van der Waals surface area contributed by atoms with Crippen LogP contribution in [0, 0.1) is 0 Å². The lowest BCUT2D eigenvalue weighted by Crippen LogP contribution is -2.45. The van der Waals surface area contributed by atoms with Gasteiger partial charge in [0.25, 0.3) is 0 Å². The van der Waals surface area contributed by atoms with Crippen molar-refractivity contribution < 1.29 is 0 Å². The minimum absolute atomic E-state index is 0.287. The van der Waals surface area contributed by atoms with Crippen molar-refractivity contribution in [2.45, 2.75) is 82.6 Å². The molecule has 110 valence electrons. The molecule has 1 aliphatic rings. The molecule has 0 saturated heterocycles. The summed E-state index contributed by atoms with van der Waals surface area (Å²) in [5, 5.41) is 3.75. The van der Waals surface area contributed by atoms with E-state index in [0.717, 1.165) is 13.0 Å². The first-order valence-electron chi connectivity index (χ1n) is 8.30. The van der Waals surface area contributed by atoms with E-state index in [4.69, 9.17) is 0 Å². The van der Waals surface area contributed by atoms with Crippen LogP contribution in [-0.2, 0) is 0 Å². The van der Waals surface area contributed by atoms with Crippen LogP contribution in [-0.4, -0.2) is 12.1 Å². The predicted octanol–water partition coefficient (Wildman–Crippen LogP) is 5.38. The first-order valence-corrected chi connectivity index (χ1v) is 8.30. The summed E-state index contributed by atoms with van der Waals surface area (Å²) in [6, 6.07) is 0. The first-order chi connectivity index (χ1) is 9.33. The highest BCUT2D eigenvalue weighted by molar-refractivity contribution is 4.95. The molecule has 0 radical (unpaired) electrons. The van der Waals surface area contributed by atoms with Crippen LogP contribution >= 0.6 is 0 Å². The molecule has 0 atom stereocenters. The van der Waals surface area contributed by atoms with E-state index in [1.165, 1.54) is 70.6 Å². The monoisotopic (exact) mass is 263 g/mol. The first kappa shape index (κ1) is 16.5. The summed E-state index contributed by atoms with van der Waals surface area (Å²) in [5.41, 5.74) is 0.287. The second-order valence-electron chi connectivity index (χ2n) is 6.12. The molecule has 0 aromatic heterocycles. The molecule has 1 nitrogen and oxygen atoms in total. The molecule has 1 fully saturated rings. The standard InChI is InChI=1S/C18H33N/c1-3-14-18(19-17-4-2)15-12-10-8-6-5-7-9-11-13-16-18/h3-4,19H,1-2,5-17H2. The van der Waals surface area contributed by atoms with E-state index in [2.05, 4.69) is 24.6 Å². The summed E-state index contributed by atoms with van der Waals surface area (Å²) in [4.78, 5) is 0. The molecule has 1 aliphatic carbocycles. The molecule has 19 heavy (non-hydrogen) atoms. The van der Waals surface area contributed by atoms with Crippen LogP contribution in [0.4, 0.5) is 0 Å². The molecule has 0 unspecified atom stereocenters. The molecule has 0 spiro atoms. The summed E-state index contributed by atoms with van der Waals surface area (Å²) in [6.07, 6.45) is 20.5. The zero-order valence-corrected chi connectivity index (χ0v) is 12.8. The van der Waals surface area contributed by atoms with Crippen molar-refractivity contribution in [1.29, 1.82) is 0 Å². The minimum Gasteiger partial charge on any atom is -0.307 e. The summed E-state index contributed by atoms with van der Waals surface area (Å²) in [7, 11) is 0. The van der Waals surface area contributed by atoms with Crippen LogP contribution in [0.5, 0.6) is 0 Å². The van der Waals surface area contributed by atoms with Gasteiger partial charge in [0.05, 0.1) is 0 Å². The molecule has 1 saturated carbocycles. The third-order valence-corrected chi connectivity index (χ3v) is 4.47. The highest BCUT2D eigenvalue weighted by Gasteiger charge is 2.26. The Morgan fingerprint density at radius 3 is 1.63 bits per heavy atom. The van der Waals surface area contributed by atoms with Gasteiger partial charge in [-0.2, -0.15) is 0 Å². The average Bonchev–Trinajstić information content (AvgIpc) is 2.40. The van der Waals surface area contributed by atoms with Crippen molar-refractivity contribution in [2.24, 2.45) is 0 Å². The average molecular weight is 263 g/mol. The van der Waals surface area contributed by atoms with Crippen molar-refractivity contribution >= 4 is 0 Å². The van der Waals surface area contributed by atoms with Gasteiger partial charge in [-0.05, 0) is 19.3 Å². The Morgan fingerprint density at radius 2 is 1.21 bits per heavy atom. The number of rotatable bonds is 5. The smallest absolute Gasteiger partial charge is 0.0218 e. The second-order valence-corrected chi connectivity index (χ2v) is 6.12. The van der Waals surface area contributed by atoms with Crippen molar-refractivity contribution in [3.8, 4) is 0 Å². The van der Waals surface area contributed by atoms with Gasteiger partial charge in [0.2, 0.25) is 0 Å². The normalized spacial score (nSPS) is 21.9. The third-order valence-electron chi connectivity index (χ3n) is 4.47. The summed E-state index contributed by atoms with van der Waals surface area (Å²) in [5.74, 6) is 0. The molecule has 0 bridgehead atoms. The molecule has 1 rings (SSSR count). The topological polar surface area (TPSA) is 12.0 Å². The van der Waals surface area contributed by atoms with Crippen molar-refractivity contribution in [3.05, 3.63) is 25.3 Å². The Morgan fingerprint density at radius 1 is 0.737 bits per heavy atom. The van der Waals surface area contributed by atoms with Crippen LogP contribution < -0.4 is 5.32 Å². The van der Waals surface area contributed by atoms with Gasteiger partial charge in [-0.3, -0.25) is 0 Å². The molecule has 0 heterocycles. The quantitative estimate of drug-likeness (QED) is 0.656. The molecule has 1 heteroatoms. The number of nitrogens with one attached hydrogen (secondary N) is 1. The Labute approximate surface area is 120 Å². The zero-order valence-electron chi connectivity index (χ0n) is 12.8. The van der Waals surface area contributed by atoms with Crippen molar-refractivity contribution in [2.75, 3.05) is 6.54 Å². The Bertz CT molecular complexity index is 232. The number of hydrogen-bond donors (Lipinski definition) is 1. The fourth-order valence-corrected chi connectivity index (χ4v) is 3.31. The molecule has 1 N–H and O–H groups in total. The molecule has 0 aliphatic heterocycles. The maximum Gasteiger partial charge on any atom is 0.0218 e. The van der Waals surface area contributed by atoms with E-state index in [1.807, 2.05) is 6.08 Å². The van der Waals surface area contributed by atoms with Gasteiger partial charge in [0.15, 0.2) is 0 Å². The van der Waals surface area contributed by atoms with E-state index in [0.29, 0.717) is 0 Å². The highest BCUT2D eigenvalue weighted by atomic mass is 15.0. The molecule has 0 amide bonds. The van der Waals surface area contributed by atoms with E-state index in [1.54, 1.807) is 0 Å². The van der Waals surface area contributed by atoms with Gasteiger partial charge in [0, 0.05) is 12.1 Å². The van der Waals surface area contributed by atoms with Gasteiger partial charge < -0.3 is 5.32 Å². The molecular formula is C18H33N. The van der Waals surface area contributed by atoms with Crippen LogP contribution in [0.2, 0.25) is 0 Å². The van der Waals surface area contributed by atoms with Crippen LogP contribution in [0.1, 0.15) is 77.0 Å². The summed E-state index contributed by atoms with van der Waals surface area (Å²) < 4.78 is 0. The van der Waals surface area contributed by atoms with E-state index in [-0.39, 0.29) is 5.54 Å². The van der Waals surface area contributed by atoms with Crippen LogP contribution in [0.3, 0.4) is 0 Å². The summed E-state index contributed by atoms with van der Waals surface area (Å²) in [6.45, 7) is 8.75. The predicted molar refractivity (Wildman–Crippen MR) is 86.5 cm³/mol. The Hall–Kier alpha value is -0.560. The van der Waals surface area contributed by atoms with Crippen LogP contribution in [0.15, 0.2) is 25.3 Å². The van der Waals surface area contributed by atoms with Crippen molar-refractivity contribution in [3.63, 3.8) is 0 Å². The lowest BCUT2D eigenvalue weighted by molar-refractivity contribution is 0.270. The fourth-order valence-electron chi connectivity index (χ4n) is 3.31. The van der Waals surface area contributed by atoms with Gasteiger partial charge >= 0.3 is 0 Å². The molecular weight excluding hydrogens is 230 g/mol. The van der Waals surface area contributed by atoms with E-state index >= 15 is 0 Å². The van der Waals surface area contributed by atoms with Gasteiger partial charge in [-0.25, -0.2) is 0 Å². The second kappa shape index (κ2) is 10.3. The summed E-state index contributed by atoms with van der Waals surface area (Å²) >= 11 is 0. The minimum atomic E-state index is 0.287. The maximum atomic E-state index is 3.97. The van der Waals surface area contributed by atoms with Gasteiger partial charge in [-0.1, -0.05) is 69.9 Å². The zero-order chi connectivity index (χ0) is 13.8. The highest BCUT2D eigenvalue weighted by Crippen LogP contribution is 2.28. The SMILES string of the molecule is C=CCNC1(CC=C)CCCCCCCCCCC1. The van der Waals surface area contributed by atoms with Gasteiger partial charge in [0.1, 0.15) is 0 Å². The lowest BCUT2D eigenvalue weighted by atomic mass is 9.83. The van der Waals surface area contributed by atoms with Gasteiger partial charge in [-0.15, -0.1) is 13.2 Å². The largest absolute Gasteiger partial charge is 0.307 e. The van der Waals surface area contributed by atoms with E-state index < -0.39 is 0 Å². The van der Waals surface area contributed by atoms with Crippen LogP contribution in [0.25, 0.3) is 0 Å². The lowest BCUT2D eigenvalue weighted by Gasteiger charge is -2.35. The molecule has 0 aromatic rings. The van der Waals surface area contributed by atoms with Crippen molar-refractivity contribution in [1.82, 2.24) is 5.32 Å². The Kier molecular flexibility index (Phi) is 8.90. The molecule has 0 aromatic carbocycles. The number of hydrogen-bond acceptors (Lipinski definition) is 1. The Balaban J connectivity index is 2.57. The third kappa shape index (κ3) is 6.96. The van der Waals surface area contributed by atoms with E-state index in [9.17, 15) is 0 Å². The maximum absolute atomic E-state index is 3.97.